The molecule has 1 saturated carbocycles. The van der Waals surface area contributed by atoms with Crippen LogP contribution in [0.25, 0.3) is 0 Å². The second-order valence-corrected chi connectivity index (χ2v) is 8.67. The van der Waals surface area contributed by atoms with Crippen molar-refractivity contribution in [2.45, 2.75) is 24.5 Å². The third-order valence-corrected chi connectivity index (χ3v) is 6.67. The van der Waals surface area contributed by atoms with Crippen LogP contribution in [-0.4, -0.2) is 35.0 Å². The van der Waals surface area contributed by atoms with E-state index in [9.17, 15) is 9.18 Å². The van der Waals surface area contributed by atoms with Gasteiger partial charge in [0.15, 0.2) is 5.17 Å². The van der Waals surface area contributed by atoms with Gasteiger partial charge in [-0.25, -0.2) is 9.37 Å². The van der Waals surface area contributed by atoms with Crippen molar-refractivity contribution < 1.29 is 13.9 Å². The predicted octanol–water partition coefficient (Wildman–Crippen LogP) is 3.81. The molecule has 1 aliphatic carbocycles. The summed E-state index contributed by atoms with van der Waals surface area (Å²) < 4.78 is 20.5. The average Bonchev–Trinajstić information content (AvgIpc) is 3.08. The van der Waals surface area contributed by atoms with Crippen molar-refractivity contribution in [3.8, 4) is 0 Å². The first-order valence-corrected chi connectivity index (χ1v) is 10.5. The third-order valence-electron chi connectivity index (χ3n) is 5.49. The summed E-state index contributed by atoms with van der Waals surface area (Å²) in [5, 5.41) is 3.65. The number of hydrogen-bond acceptors (Lipinski definition) is 6. The number of methoxy groups -OCH3 is 1. The van der Waals surface area contributed by atoms with Gasteiger partial charge in [0.1, 0.15) is 11.5 Å². The molecule has 0 bridgehead atoms. The first-order chi connectivity index (χ1) is 13.9. The number of fused-ring (bicyclic) bond motifs is 1. The Balaban J connectivity index is 1.68. The molecular weight excluding hydrogens is 415 g/mol. The number of benzene rings is 1. The lowest BCUT2D eigenvalue weighted by atomic mass is 9.81. The summed E-state index contributed by atoms with van der Waals surface area (Å²) in [5.41, 5.74) is 6.33. The van der Waals surface area contributed by atoms with E-state index in [2.05, 4.69) is 10.3 Å². The Hall–Kier alpha value is -2.16. The number of nitrogens with two attached hydrogens (primary N) is 1. The lowest BCUT2D eigenvalue weighted by Crippen LogP contribution is -2.37. The van der Waals surface area contributed by atoms with Gasteiger partial charge in [-0.2, -0.15) is 0 Å². The van der Waals surface area contributed by atoms with Gasteiger partial charge >= 0.3 is 0 Å². The van der Waals surface area contributed by atoms with Crippen LogP contribution in [-0.2, 0) is 10.3 Å². The number of carbonyl (C=O) groups is 1. The average molecular weight is 435 g/mol. The molecule has 4 rings (SSSR count). The maximum Gasteiger partial charge on any atom is 0.274 e. The van der Waals surface area contributed by atoms with Crippen molar-refractivity contribution in [2.24, 2.45) is 16.6 Å². The Bertz CT molecular complexity index is 971. The number of amides is 1. The number of aromatic nitrogens is 1. The topological polar surface area (TPSA) is 89.6 Å². The van der Waals surface area contributed by atoms with E-state index in [1.807, 2.05) is 0 Å². The van der Waals surface area contributed by atoms with Crippen molar-refractivity contribution in [3.63, 3.8) is 0 Å². The smallest absolute Gasteiger partial charge is 0.274 e. The van der Waals surface area contributed by atoms with Gasteiger partial charge in [0.2, 0.25) is 0 Å². The number of nitrogens with one attached hydrogen (secondary N) is 1. The fraction of sp³-hybridized carbons (Fsp3) is 0.350. The van der Waals surface area contributed by atoms with Gasteiger partial charge in [0, 0.05) is 42.6 Å². The summed E-state index contributed by atoms with van der Waals surface area (Å²) in [6, 6.07) is 7.62. The van der Waals surface area contributed by atoms with Crippen LogP contribution < -0.4 is 11.1 Å². The molecule has 1 amide bonds. The zero-order valence-electron chi connectivity index (χ0n) is 15.7. The highest BCUT2D eigenvalue weighted by Gasteiger charge is 2.52. The van der Waals surface area contributed by atoms with Crippen LogP contribution in [0.5, 0.6) is 0 Å². The minimum atomic E-state index is -0.792. The van der Waals surface area contributed by atoms with Crippen LogP contribution in [0, 0.1) is 11.7 Å². The lowest BCUT2D eigenvalue weighted by molar-refractivity contribution is 0.101. The zero-order valence-corrected chi connectivity index (χ0v) is 17.3. The number of anilines is 1. The Labute approximate surface area is 177 Å². The molecule has 3 N–H and O–H groups in total. The highest BCUT2D eigenvalue weighted by atomic mass is 35.5. The maximum absolute atomic E-state index is 15.0. The number of hydrogen-bond donors (Lipinski definition) is 2. The summed E-state index contributed by atoms with van der Waals surface area (Å²) >= 11 is 7.30. The van der Waals surface area contributed by atoms with Crippen LogP contribution >= 0.6 is 23.4 Å². The largest absolute Gasteiger partial charge is 0.381 e. The Kier molecular flexibility index (Phi) is 5.50. The zero-order chi connectivity index (χ0) is 20.6. The molecule has 0 spiro atoms. The van der Waals surface area contributed by atoms with E-state index < -0.39 is 11.4 Å². The summed E-state index contributed by atoms with van der Waals surface area (Å²) in [6.45, 7) is 0. The van der Waals surface area contributed by atoms with Gasteiger partial charge < -0.3 is 15.8 Å². The number of ether oxygens (including phenoxy) is 1. The normalized spacial score (nSPS) is 26.0. The molecule has 6 nitrogen and oxygen atoms in total. The van der Waals surface area contributed by atoms with Crippen LogP contribution in [0.3, 0.4) is 0 Å². The van der Waals surface area contributed by atoms with Crippen LogP contribution in [0.4, 0.5) is 10.1 Å². The van der Waals surface area contributed by atoms with Gasteiger partial charge in [-0.3, -0.25) is 9.79 Å². The minimum Gasteiger partial charge on any atom is -0.381 e. The second kappa shape index (κ2) is 7.93. The van der Waals surface area contributed by atoms with Gasteiger partial charge in [-0.05, 0) is 36.8 Å². The number of pyridine rings is 1. The fourth-order valence-corrected chi connectivity index (χ4v) is 5.20. The number of halogens is 2. The molecule has 2 aromatic rings. The van der Waals surface area contributed by atoms with E-state index in [0.717, 1.165) is 12.2 Å². The van der Waals surface area contributed by atoms with E-state index >= 15 is 0 Å². The summed E-state index contributed by atoms with van der Waals surface area (Å²) in [6.07, 6.45) is 2.70. The number of carbonyl (C=O) groups excluding carboxylic acids is 1. The van der Waals surface area contributed by atoms with Gasteiger partial charge in [-0.1, -0.05) is 23.4 Å². The molecule has 1 fully saturated rings. The Morgan fingerprint density at radius 1 is 1.41 bits per heavy atom. The molecule has 1 aromatic carbocycles. The number of nitrogens with zero attached hydrogens (tertiary/aromatic N) is 2. The molecule has 2 heterocycles. The first kappa shape index (κ1) is 20.1. The third kappa shape index (κ3) is 3.84. The van der Waals surface area contributed by atoms with E-state index in [1.54, 1.807) is 19.2 Å². The molecule has 9 heteroatoms. The first-order valence-electron chi connectivity index (χ1n) is 9.15. The van der Waals surface area contributed by atoms with Crippen molar-refractivity contribution in [1.29, 1.82) is 0 Å². The van der Waals surface area contributed by atoms with Crippen LogP contribution in [0.2, 0.25) is 5.02 Å². The maximum atomic E-state index is 15.0. The fourth-order valence-electron chi connectivity index (χ4n) is 4.08. The quantitative estimate of drug-likeness (QED) is 0.763. The molecule has 3 atom stereocenters. The molecular formula is C20H20ClFN4O2S. The lowest BCUT2D eigenvalue weighted by Gasteiger charge is -2.36. The monoisotopic (exact) mass is 434 g/mol. The van der Waals surface area contributed by atoms with Gasteiger partial charge in [0.05, 0.1) is 16.7 Å². The Morgan fingerprint density at radius 3 is 2.97 bits per heavy atom. The predicted molar refractivity (Wildman–Crippen MR) is 113 cm³/mol. The van der Waals surface area contributed by atoms with Crippen molar-refractivity contribution in [2.75, 3.05) is 18.2 Å². The molecule has 1 aliphatic heterocycles. The van der Waals surface area contributed by atoms with E-state index in [4.69, 9.17) is 27.1 Å². The summed E-state index contributed by atoms with van der Waals surface area (Å²) in [4.78, 5) is 21.2. The molecule has 152 valence electrons. The molecule has 29 heavy (non-hydrogen) atoms. The number of rotatable bonds is 4. The van der Waals surface area contributed by atoms with Crippen LogP contribution in [0.15, 0.2) is 41.5 Å². The Morgan fingerprint density at radius 2 is 2.24 bits per heavy atom. The molecule has 3 unspecified atom stereocenters. The number of aliphatic imine (C=N–C) groups is 1. The van der Waals surface area contributed by atoms with Crippen LogP contribution in [0.1, 0.15) is 28.9 Å². The van der Waals surface area contributed by atoms with Crippen molar-refractivity contribution >= 4 is 40.1 Å². The molecule has 0 saturated heterocycles. The van der Waals surface area contributed by atoms with E-state index in [0.29, 0.717) is 27.9 Å². The van der Waals surface area contributed by atoms with E-state index in [1.165, 1.54) is 36.2 Å². The molecule has 2 aliphatic rings. The van der Waals surface area contributed by atoms with Crippen molar-refractivity contribution in [3.05, 3.63) is 58.6 Å². The highest BCUT2D eigenvalue weighted by Crippen LogP contribution is 2.52. The highest BCUT2D eigenvalue weighted by molar-refractivity contribution is 8.13. The number of amidine groups is 1. The summed E-state index contributed by atoms with van der Waals surface area (Å²) in [7, 11) is 1.65. The summed E-state index contributed by atoms with van der Waals surface area (Å²) in [5.74, 6) is 0.0672. The molecule has 0 radical (unpaired) electrons. The number of thioether (sulfide) groups is 1. The molecule has 1 aromatic heterocycles. The standard InChI is InChI=1S/C20H20ClFN4O2S/c1-28-14-6-11-10-29-19(23)26-20(11,8-14)15-7-13(3-4-16(15)22)25-18(27)17-5-2-12(21)9-24-17/h2-5,7,9,11,14H,6,8,10H2,1H3,(H2,23,26)(H,25,27). The minimum absolute atomic E-state index is 0.0221. The van der Waals surface area contributed by atoms with Crippen molar-refractivity contribution in [1.82, 2.24) is 4.98 Å². The van der Waals surface area contributed by atoms with Gasteiger partial charge in [0.25, 0.3) is 5.91 Å². The SMILES string of the molecule is COC1CC2CSC(N)=NC2(c2cc(NC(=O)c3ccc(Cl)cn3)ccc2F)C1. The second-order valence-electron chi connectivity index (χ2n) is 7.19. The van der Waals surface area contributed by atoms with E-state index in [-0.39, 0.29) is 23.5 Å². The van der Waals surface area contributed by atoms with Gasteiger partial charge in [-0.15, -0.1) is 0 Å².